The van der Waals surface area contributed by atoms with E-state index in [4.69, 9.17) is 28.4 Å². The van der Waals surface area contributed by atoms with Gasteiger partial charge in [0.25, 0.3) is 12.6 Å². The fourth-order valence-electron chi connectivity index (χ4n) is 5.41. The molecule has 0 spiro atoms. The molecule has 0 radical (unpaired) electrons. The number of anilines is 2. The number of ether oxygens (including phenoxy) is 6. The van der Waals surface area contributed by atoms with Gasteiger partial charge in [-0.2, -0.15) is 4.98 Å². The highest BCUT2D eigenvalue weighted by molar-refractivity contribution is 5.68. The van der Waals surface area contributed by atoms with E-state index in [2.05, 4.69) is 15.6 Å². The first-order valence-corrected chi connectivity index (χ1v) is 18.0. The Bertz CT molecular complexity index is 1830. The second kappa shape index (κ2) is 20.2. The summed E-state index contributed by atoms with van der Waals surface area (Å²) in [5, 5.41) is 5.59. The maximum Gasteiger partial charge on any atom is 0.410 e. The summed E-state index contributed by atoms with van der Waals surface area (Å²) in [6.45, 7) is 0.518. The lowest BCUT2D eigenvalue weighted by molar-refractivity contribution is -0.0402. The van der Waals surface area contributed by atoms with Gasteiger partial charge >= 0.3 is 12.2 Å². The molecule has 2 unspecified atom stereocenters. The molecule has 0 fully saturated rings. The van der Waals surface area contributed by atoms with E-state index in [1.54, 1.807) is 32.4 Å². The summed E-state index contributed by atoms with van der Waals surface area (Å²) in [6.07, 6.45) is -3.04. The van der Waals surface area contributed by atoms with Gasteiger partial charge in [-0.15, -0.1) is 0 Å². The van der Waals surface area contributed by atoms with Gasteiger partial charge in [-0.3, -0.25) is 0 Å². The average molecular weight is 764 g/mol. The number of carbonyl (C=O) groups excluding carboxylic acids is 2. The van der Waals surface area contributed by atoms with E-state index < -0.39 is 24.8 Å². The van der Waals surface area contributed by atoms with E-state index in [-0.39, 0.29) is 37.7 Å². The van der Waals surface area contributed by atoms with Gasteiger partial charge in [0.2, 0.25) is 11.8 Å². The van der Waals surface area contributed by atoms with Gasteiger partial charge in [0, 0.05) is 77.6 Å². The minimum Gasteiger partial charge on any atom is -0.497 e. The van der Waals surface area contributed by atoms with Crippen LogP contribution in [-0.4, -0.2) is 72.2 Å². The molecule has 1 aromatic heterocycles. The second-order valence-electron chi connectivity index (χ2n) is 13.2. The van der Waals surface area contributed by atoms with Crippen LogP contribution in [-0.2, 0) is 35.4 Å². The molecule has 294 valence electrons. The van der Waals surface area contributed by atoms with Gasteiger partial charge in [-0.1, -0.05) is 54.6 Å². The average Bonchev–Trinajstić information content (AvgIpc) is 3.20. The van der Waals surface area contributed by atoms with Crippen LogP contribution in [0.2, 0.25) is 0 Å². The predicted octanol–water partition coefficient (Wildman–Crippen LogP) is 6.98. The summed E-state index contributed by atoms with van der Waals surface area (Å²) in [5.74, 6) is 1.63. The normalized spacial score (nSPS) is 11.7. The Morgan fingerprint density at radius 2 is 0.893 bits per heavy atom. The second-order valence-corrected chi connectivity index (χ2v) is 13.2. The van der Waals surface area contributed by atoms with E-state index >= 15 is 0 Å². The number of amides is 2. The van der Waals surface area contributed by atoms with Crippen molar-refractivity contribution in [1.82, 2.24) is 15.6 Å². The van der Waals surface area contributed by atoms with Gasteiger partial charge in [-0.25, -0.2) is 9.59 Å². The summed E-state index contributed by atoms with van der Waals surface area (Å²) in [7, 11) is 11.0. The molecule has 0 saturated carbocycles. The largest absolute Gasteiger partial charge is 0.497 e. The van der Waals surface area contributed by atoms with Gasteiger partial charge in [0.1, 0.15) is 11.5 Å². The number of nitrogens with zero attached hydrogens (tertiary/aromatic N) is 3. The zero-order chi connectivity index (χ0) is 39.9. The molecule has 0 aliphatic heterocycles. The SMILES string of the molecule is COc1ccc(CC(OC(=O)NCc2ccc(N(C)C)cc2)Oc2cccc(OC(Cc3ccc(OC)cc3)OC(=O)NCc3ccc(N(C)C)cc3)n2)cc1. The summed E-state index contributed by atoms with van der Waals surface area (Å²) in [4.78, 5) is 34.6. The van der Waals surface area contributed by atoms with Crippen molar-refractivity contribution in [2.45, 2.75) is 38.5 Å². The molecule has 13 heteroatoms. The Hall–Kier alpha value is -6.63. The van der Waals surface area contributed by atoms with Crippen molar-refractivity contribution in [2.24, 2.45) is 0 Å². The lowest BCUT2D eigenvalue weighted by Crippen LogP contribution is -2.34. The van der Waals surface area contributed by atoms with Crippen LogP contribution in [0.15, 0.2) is 115 Å². The number of hydrogen-bond acceptors (Lipinski definition) is 11. The number of benzene rings is 4. The molecule has 1 heterocycles. The first kappa shape index (κ1) is 40.6. The lowest BCUT2D eigenvalue weighted by Gasteiger charge is -2.21. The number of hydrogen-bond donors (Lipinski definition) is 2. The van der Waals surface area contributed by atoms with Crippen molar-refractivity contribution in [1.29, 1.82) is 0 Å². The summed E-state index contributed by atoms with van der Waals surface area (Å²) in [6, 6.07) is 35.3. The van der Waals surface area contributed by atoms with Gasteiger partial charge in [0.05, 0.1) is 14.2 Å². The molecule has 4 aromatic carbocycles. The summed E-state index contributed by atoms with van der Waals surface area (Å²) < 4.78 is 34.4. The quantitative estimate of drug-likeness (QED) is 0.0897. The number of rotatable bonds is 18. The number of pyridine rings is 1. The topological polar surface area (TPSA) is 133 Å². The third-order valence-corrected chi connectivity index (χ3v) is 8.58. The number of carbonyl (C=O) groups is 2. The maximum atomic E-state index is 13.0. The van der Waals surface area contributed by atoms with E-state index in [1.165, 1.54) is 0 Å². The van der Waals surface area contributed by atoms with Crippen LogP contribution in [0.5, 0.6) is 23.3 Å². The molecule has 13 nitrogen and oxygen atoms in total. The van der Waals surface area contributed by atoms with Crippen LogP contribution in [0, 0.1) is 0 Å². The molecule has 5 aromatic rings. The maximum absolute atomic E-state index is 13.0. The molecule has 0 bridgehead atoms. The lowest BCUT2D eigenvalue weighted by atomic mass is 10.1. The number of alkyl carbamates (subject to hydrolysis) is 2. The minimum absolute atomic E-state index is 0.127. The fraction of sp³-hybridized carbons (Fsp3) is 0.279. The minimum atomic E-state index is -1.06. The first-order valence-electron chi connectivity index (χ1n) is 18.0. The molecule has 0 aliphatic rings. The number of nitrogens with one attached hydrogen (secondary N) is 2. The Labute approximate surface area is 328 Å². The standard InChI is InChI=1S/C43H49N5O8/c1-47(2)34-18-10-32(11-19-34)28-44-42(49)55-40(26-30-14-22-36(51-5)23-15-30)53-38-8-7-9-39(46-38)54-41(27-31-16-24-37(52-6)25-17-31)56-43(50)45-29-33-12-20-35(21-13-33)48(3)4/h7-25,40-41H,26-29H2,1-6H3,(H,44,49)(H,45,50). The molecule has 2 atom stereocenters. The highest BCUT2D eigenvalue weighted by Crippen LogP contribution is 2.22. The zero-order valence-corrected chi connectivity index (χ0v) is 32.6. The van der Waals surface area contributed by atoms with Crippen LogP contribution in [0.1, 0.15) is 22.3 Å². The first-order chi connectivity index (χ1) is 27.1. The van der Waals surface area contributed by atoms with Crippen molar-refractivity contribution in [3.8, 4) is 23.3 Å². The van der Waals surface area contributed by atoms with Gasteiger partial charge < -0.3 is 48.9 Å². The van der Waals surface area contributed by atoms with Gasteiger partial charge in [-0.05, 0) is 70.8 Å². The Kier molecular flexibility index (Phi) is 14.6. The fourth-order valence-corrected chi connectivity index (χ4v) is 5.41. The Morgan fingerprint density at radius 3 is 1.23 bits per heavy atom. The molecule has 56 heavy (non-hydrogen) atoms. The van der Waals surface area contributed by atoms with Crippen LogP contribution in [0.4, 0.5) is 21.0 Å². The number of methoxy groups -OCH3 is 2. The Balaban J connectivity index is 1.27. The van der Waals surface area contributed by atoms with E-state index in [9.17, 15) is 9.59 Å². The van der Waals surface area contributed by atoms with Crippen LogP contribution < -0.4 is 39.4 Å². The van der Waals surface area contributed by atoms with Crippen molar-refractivity contribution < 1.29 is 38.0 Å². The zero-order valence-electron chi connectivity index (χ0n) is 32.6. The monoisotopic (exact) mass is 763 g/mol. The molecular weight excluding hydrogens is 714 g/mol. The van der Waals surface area contributed by atoms with Crippen molar-refractivity contribution >= 4 is 23.6 Å². The van der Waals surface area contributed by atoms with Crippen molar-refractivity contribution in [3.05, 3.63) is 138 Å². The number of aromatic nitrogens is 1. The van der Waals surface area contributed by atoms with Crippen molar-refractivity contribution in [3.63, 3.8) is 0 Å². The molecular formula is C43H49N5O8. The molecule has 0 aliphatic carbocycles. The summed E-state index contributed by atoms with van der Waals surface area (Å²) >= 11 is 0. The molecule has 5 rings (SSSR count). The highest BCUT2D eigenvalue weighted by atomic mass is 16.7. The van der Waals surface area contributed by atoms with Crippen LogP contribution in [0.25, 0.3) is 0 Å². The third-order valence-electron chi connectivity index (χ3n) is 8.58. The highest BCUT2D eigenvalue weighted by Gasteiger charge is 2.21. The van der Waals surface area contributed by atoms with E-state index in [0.29, 0.717) is 11.5 Å². The van der Waals surface area contributed by atoms with Gasteiger partial charge in [0.15, 0.2) is 0 Å². The van der Waals surface area contributed by atoms with E-state index in [1.807, 2.05) is 135 Å². The smallest absolute Gasteiger partial charge is 0.410 e. The summed E-state index contributed by atoms with van der Waals surface area (Å²) in [5.41, 5.74) is 5.58. The third kappa shape index (κ3) is 12.8. The predicted molar refractivity (Wildman–Crippen MR) is 215 cm³/mol. The van der Waals surface area contributed by atoms with Crippen LogP contribution in [0.3, 0.4) is 0 Å². The van der Waals surface area contributed by atoms with Crippen LogP contribution >= 0.6 is 0 Å². The molecule has 2 N–H and O–H groups in total. The van der Waals surface area contributed by atoms with Crippen molar-refractivity contribution in [2.75, 3.05) is 52.2 Å². The Morgan fingerprint density at radius 1 is 0.536 bits per heavy atom. The molecule has 0 saturated heterocycles. The molecule has 2 amide bonds. The van der Waals surface area contributed by atoms with E-state index in [0.717, 1.165) is 33.6 Å².